The summed E-state index contributed by atoms with van der Waals surface area (Å²) < 4.78 is 43.2. The van der Waals surface area contributed by atoms with Crippen LogP contribution < -0.4 is 10.1 Å². The van der Waals surface area contributed by atoms with Crippen molar-refractivity contribution in [2.75, 3.05) is 33.3 Å². The molecule has 0 aliphatic carbocycles. The Hall–Kier alpha value is -0.980. The Bertz CT molecular complexity index is 491. The average Bonchev–Trinajstić information content (AvgIpc) is 2.47. The number of nitrogens with zero attached hydrogens (tertiary/aromatic N) is 1. The van der Waals surface area contributed by atoms with Crippen LogP contribution >= 0.6 is 12.4 Å². The van der Waals surface area contributed by atoms with Crippen molar-refractivity contribution in [1.29, 1.82) is 0 Å². The van der Waals surface area contributed by atoms with Gasteiger partial charge in [-0.2, -0.15) is 13.2 Å². The lowest BCUT2D eigenvalue weighted by Gasteiger charge is -2.35. The molecule has 132 valence electrons. The molecule has 7 heteroatoms. The molecular weight excluding hydrogens is 329 g/mol. The van der Waals surface area contributed by atoms with Gasteiger partial charge in [0.1, 0.15) is 5.75 Å². The third-order valence-electron chi connectivity index (χ3n) is 4.10. The number of alkyl halides is 3. The predicted molar refractivity (Wildman–Crippen MR) is 87.5 cm³/mol. The van der Waals surface area contributed by atoms with Gasteiger partial charge in [0.05, 0.1) is 7.11 Å². The van der Waals surface area contributed by atoms with E-state index in [0.717, 1.165) is 43.1 Å². The minimum absolute atomic E-state index is 0. The molecule has 1 atom stereocenters. The molecule has 1 saturated heterocycles. The molecule has 0 radical (unpaired) electrons. The first kappa shape index (κ1) is 20.1. The van der Waals surface area contributed by atoms with Crippen LogP contribution in [0.15, 0.2) is 18.2 Å². The topological polar surface area (TPSA) is 24.5 Å². The highest BCUT2D eigenvalue weighted by Gasteiger charge is 2.31. The zero-order valence-electron chi connectivity index (χ0n) is 13.4. The molecule has 1 aliphatic heterocycles. The van der Waals surface area contributed by atoms with Crippen LogP contribution in [0.2, 0.25) is 0 Å². The summed E-state index contributed by atoms with van der Waals surface area (Å²) in [7, 11) is 1.60. The van der Waals surface area contributed by atoms with Crippen LogP contribution in [0.3, 0.4) is 0 Å². The second-order valence-electron chi connectivity index (χ2n) is 5.68. The van der Waals surface area contributed by atoms with Gasteiger partial charge in [0, 0.05) is 38.6 Å². The minimum Gasteiger partial charge on any atom is -0.496 e. The van der Waals surface area contributed by atoms with E-state index in [-0.39, 0.29) is 24.9 Å². The lowest BCUT2D eigenvalue weighted by atomic mass is 9.97. The molecule has 2 rings (SSSR count). The Morgan fingerprint density at radius 1 is 1.26 bits per heavy atom. The lowest BCUT2D eigenvalue weighted by Crippen LogP contribution is -2.45. The minimum atomic E-state index is -4.12. The molecule has 0 spiro atoms. The van der Waals surface area contributed by atoms with E-state index in [0.29, 0.717) is 0 Å². The highest BCUT2D eigenvalue weighted by atomic mass is 35.5. The SMILES string of the molecule is COc1ccc([C@H](CCC(F)(F)F)N2CCNCC2)cc1C.Cl. The predicted octanol–water partition coefficient (Wildman–Crippen LogP) is 3.71. The molecule has 23 heavy (non-hydrogen) atoms. The molecule has 1 aromatic carbocycles. The van der Waals surface area contributed by atoms with Gasteiger partial charge in [0.2, 0.25) is 0 Å². The van der Waals surface area contributed by atoms with E-state index < -0.39 is 12.6 Å². The average molecular weight is 353 g/mol. The van der Waals surface area contributed by atoms with Gasteiger partial charge >= 0.3 is 6.18 Å². The molecule has 0 unspecified atom stereocenters. The summed E-state index contributed by atoms with van der Waals surface area (Å²) in [4.78, 5) is 2.14. The van der Waals surface area contributed by atoms with Gasteiger partial charge in [-0.15, -0.1) is 12.4 Å². The Morgan fingerprint density at radius 2 is 1.91 bits per heavy atom. The largest absolute Gasteiger partial charge is 0.496 e. The fourth-order valence-electron chi connectivity index (χ4n) is 2.96. The number of aryl methyl sites for hydroxylation is 1. The number of benzene rings is 1. The monoisotopic (exact) mass is 352 g/mol. The van der Waals surface area contributed by atoms with Gasteiger partial charge in [0.15, 0.2) is 0 Å². The quantitative estimate of drug-likeness (QED) is 0.874. The first-order valence-corrected chi connectivity index (χ1v) is 7.57. The van der Waals surface area contributed by atoms with Crippen LogP contribution in [0.25, 0.3) is 0 Å². The molecule has 1 aromatic rings. The van der Waals surface area contributed by atoms with Gasteiger partial charge in [-0.1, -0.05) is 12.1 Å². The van der Waals surface area contributed by atoms with Crippen molar-refractivity contribution >= 4 is 12.4 Å². The first-order valence-electron chi connectivity index (χ1n) is 7.57. The standard InChI is InChI=1S/C16H23F3N2O.ClH/c1-12-11-13(3-4-15(12)22-2)14(5-6-16(17,18)19)21-9-7-20-8-10-21;/h3-4,11,14,20H,5-10H2,1-2H3;1H/t14-;/m0./s1. The maximum Gasteiger partial charge on any atom is 0.389 e. The van der Waals surface area contributed by atoms with Crippen LogP contribution in [-0.2, 0) is 0 Å². The van der Waals surface area contributed by atoms with E-state index in [1.165, 1.54) is 0 Å². The van der Waals surface area contributed by atoms with E-state index in [1.807, 2.05) is 25.1 Å². The summed E-state index contributed by atoms with van der Waals surface area (Å²) in [5.41, 5.74) is 1.89. The van der Waals surface area contributed by atoms with Crippen molar-refractivity contribution in [3.8, 4) is 5.75 Å². The summed E-state index contributed by atoms with van der Waals surface area (Å²) in [6.07, 6.45) is -4.78. The maximum atomic E-state index is 12.6. The number of piperazine rings is 1. The van der Waals surface area contributed by atoms with Crippen LogP contribution in [0.1, 0.15) is 30.0 Å². The van der Waals surface area contributed by atoms with Gasteiger partial charge in [-0.3, -0.25) is 4.90 Å². The normalized spacial score (nSPS) is 17.4. The summed E-state index contributed by atoms with van der Waals surface area (Å²) in [6, 6.07) is 5.47. The van der Waals surface area contributed by atoms with Gasteiger partial charge in [-0.05, 0) is 30.5 Å². The molecule has 0 aromatic heterocycles. The molecule has 0 saturated carbocycles. The van der Waals surface area contributed by atoms with E-state index in [2.05, 4.69) is 10.2 Å². The lowest BCUT2D eigenvalue weighted by molar-refractivity contribution is -0.138. The van der Waals surface area contributed by atoms with Crippen molar-refractivity contribution in [2.24, 2.45) is 0 Å². The number of hydrogen-bond acceptors (Lipinski definition) is 3. The van der Waals surface area contributed by atoms with E-state index in [4.69, 9.17) is 4.74 Å². The zero-order valence-corrected chi connectivity index (χ0v) is 14.3. The van der Waals surface area contributed by atoms with Crippen molar-refractivity contribution < 1.29 is 17.9 Å². The third kappa shape index (κ3) is 5.86. The maximum absolute atomic E-state index is 12.6. The first-order chi connectivity index (χ1) is 10.4. The van der Waals surface area contributed by atoms with Crippen molar-refractivity contribution in [1.82, 2.24) is 10.2 Å². The van der Waals surface area contributed by atoms with Crippen molar-refractivity contribution in [3.63, 3.8) is 0 Å². The Kier molecular flexibility index (Phi) is 7.64. The number of halogens is 4. The van der Waals surface area contributed by atoms with Crippen LogP contribution in [0.5, 0.6) is 5.75 Å². The van der Waals surface area contributed by atoms with Crippen molar-refractivity contribution in [3.05, 3.63) is 29.3 Å². The second kappa shape index (κ2) is 8.76. The highest BCUT2D eigenvalue weighted by molar-refractivity contribution is 5.85. The molecule has 1 heterocycles. The second-order valence-corrected chi connectivity index (χ2v) is 5.68. The number of methoxy groups -OCH3 is 1. The van der Waals surface area contributed by atoms with E-state index in [9.17, 15) is 13.2 Å². The summed E-state index contributed by atoms with van der Waals surface area (Å²) in [5.74, 6) is 0.763. The summed E-state index contributed by atoms with van der Waals surface area (Å²) >= 11 is 0. The Balaban J connectivity index is 0.00000264. The zero-order chi connectivity index (χ0) is 16.2. The molecule has 0 bridgehead atoms. The summed E-state index contributed by atoms with van der Waals surface area (Å²) in [5, 5.41) is 3.24. The fourth-order valence-corrected chi connectivity index (χ4v) is 2.96. The Morgan fingerprint density at radius 3 is 2.43 bits per heavy atom. The fraction of sp³-hybridized carbons (Fsp3) is 0.625. The molecular formula is C16H24ClF3N2O. The molecule has 1 N–H and O–H groups in total. The molecule has 1 fully saturated rings. The van der Waals surface area contributed by atoms with Gasteiger partial charge in [-0.25, -0.2) is 0 Å². The Labute approximate surface area is 141 Å². The third-order valence-corrected chi connectivity index (χ3v) is 4.10. The number of hydrogen-bond donors (Lipinski definition) is 1. The highest BCUT2D eigenvalue weighted by Crippen LogP contribution is 2.33. The molecule has 1 aliphatic rings. The number of nitrogens with one attached hydrogen (secondary N) is 1. The van der Waals surface area contributed by atoms with Gasteiger partial charge in [0.25, 0.3) is 0 Å². The summed E-state index contributed by atoms with van der Waals surface area (Å²) in [6.45, 7) is 5.09. The van der Waals surface area contributed by atoms with Crippen LogP contribution in [0.4, 0.5) is 13.2 Å². The van der Waals surface area contributed by atoms with Crippen LogP contribution in [0, 0.1) is 6.92 Å². The van der Waals surface area contributed by atoms with E-state index >= 15 is 0 Å². The number of ether oxygens (including phenoxy) is 1. The smallest absolute Gasteiger partial charge is 0.389 e. The van der Waals surface area contributed by atoms with E-state index in [1.54, 1.807) is 7.11 Å². The molecule has 3 nitrogen and oxygen atoms in total. The van der Waals surface area contributed by atoms with Gasteiger partial charge < -0.3 is 10.1 Å². The van der Waals surface area contributed by atoms with Crippen LogP contribution in [-0.4, -0.2) is 44.4 Å². The van der Waals surface area contributed by atoms with Crippen molar-refractivity contribution in [2.45, 2.75) is 32.0 Å². The number of rotatable bonds is 5. The molecule has 0 amide bonds.